The Labute approximate surface area is 169 Å². The van der Waals surface area contributed by atoms with E-state index in [1.54, 1.807) is 0 Å². The summed E-state index contributed by atoms with van der Waals surface area (Å²) < 4.78 is 0. The molecule has 5 nitrogen and oxygen atoms in total. The van der Waals surface area contributed by atoms with Crippen molar-refractivity contribution in [2.45, 2.75) is 47.1 Å². The molecule has 0 spiro atoms. The van der Waals surface area contributed by atoms with Crippen molar-refractivity contribution in [2.75, 3.05) is 19.6 Å². The molecule has 0 fully saturated rings. The lowest BCUT2D eigenvalue weighted by atomic mass is 10.0. The number of nitrogens with one attached hydrogen (secondary N) is 3. The molecule has 1 rings (SSSR count). The topological polar surface area (TPSA) is 65.5 Å². The quantitative estimate of drug-likeness (QED) is 0.300. The summed E-state index contributed by atoms with van der Waals surface area (Å²) >= 11 is 0. The van der Waals surface area contributed by atoms with Gasteiger partial charge in [-0.2, -0.15) is 0 Å². The molecule has 0 unspecified atom stereocenters. The number of benzene rings is 1. The molecule has 0 aliphatic rings. The van der Waals surface area contributed by atoms with Crippen molar-refractivity contribution in [3.8, 4) is 0 Å². The maximum atomic E-state index is 11.8. The Balaban J connectivity index is 0.00000576. The van der Waals surface area contributed by atoms with Gasteiger partial charge in [0.15, 0.2) is 5.96 Å². The number of aliphatic imine (C=N–C) groups is 1. The minimum Gasteiger partial charge on any atom is -0.357 e. The maximum absolute atomic E-state index is 11.8. The fourth-order valence-corrected chi connectivity index (χ4v) is 2.35. The van der Waals surface area contributed by atoms with Crippen molar-refractivity contribution in [1.82, 2.24) is 16.0 Å². The van der Waals surface area contributed by atoms with Gasteiger partial charge < -0.3 is 16.0 Å². The van der Waals surface area contributed by atoms with Crippen LogP contribution in [0.2, 0.25) is 0 Å². The van der Waals surface area contributed by atoms with Crippen LogP contribution >= 0.6 is 24.0 Å². The molecule has 0 radical (unpaired) electrons. The molecule has 1 amide bonds. The van der Waals surface area contributed by atoms with Gasteiger partial charge in [-0.1, -0.05) is 38.8 Å². The minimum atomic E-state index is -0.0345. The van der Waals surface area contributed by atoms with Crippen molar-refractivity contribution < 1.29 is 4.79 Å². The first-order valence-electron chi connectivity index (χ1n) is 9.03. The summed E-state index contributed by atoms with van der Waals surface area (Å²) in [7, 11) is 0. The number of rotatable bonds is 9. The Hall–Kier alpha value is -1.31. The maximum Gasteiger partial charge on any atom is 0.251 e. The Morgan fingerprint density at radius 2 is 1.56 bits per heavy atom. The molecule has 0 saturated carbocycles. The molecule has 1 aromatic carbocycles. The minimum absolute atomic E-state index is 0. The molecule has 0 aliphatic heterocycles. The molecule has 25 heavy (non-hydrogen) atoms. The van der Waals surface area contributed by atoms with Gasteiger partial charge in [0.25, 0.3) is 5.91 Å². The van der Waals surface area contributed by atoms with Crippen LogP contribution in [0.3, 0.4) is 0 Å². The normalized spacial score (nSPS) is 11.0. The second kappa shape index (κ2) is 13.9. The SMILES string of the molecule is CCNC(=O)c1ccc(CN=C(NCC)NCC(CC)CC)cc1.I. The van der Waals surface area contributed by atoms with E-state index in [-0.39, 0.29) is 29.9 Å². The average Bonchev–Trinajstić information content (AvgIpc) is 2.61. The van der Waals surface area contributed by atoms with Crippen LogP contribution in [0, 0.1) is 5.92 Å². The summed E-state index contributed by atoms with van der Waals surface area (Å²) in [4.78, 5) is 16.4. The number of carbonyl (C=O) groups is 1. The first-order valence-corrected chi connectivity index (χ1v) is 9.03. The van der Waals surface area contributed by atoms with Crippen molar-refractivity contribution in [3.05, 3.63) is 35.4 Å². The predicted molar refractivity (Wildman–Crippen MR) is 117 cm³/mol. The van der Waals surface area contributed by atoms with E-state index in [9.17, 15) is 4.79 Å². The van der Waals surface area contributed by atoms with Crippen molar-refractivity contribution in [3.63, 3.8) is 0 Å². The van der Waals surface area contributed by atoms with Gasteiger partial charge in [0.05, 0.1) is 6.54 Å². The molecule has 0 aliphatic carbocycles. The number of guanidine groups is 1. The Morgan fingerprint density at radius 3 is 2.08 bits per heavy atom. The lowest BCUT2D eigenvalue weighted by Gasteiger charge is -2.16. The molecular weight excluding hydrogens is 427 g/mol. The standard InChI is InChI=1S/C19H32N4O.HI/c1-5-15(6-2)13-22-19(21-8-4)23-14-16-9-11-17(12-10-16)18(24)20-7-3;/h9-12,15H,5-8,13-14H2,1-4H3,(H,20,24)(H2,21,22,23);1H. The van der Waals surface area contributed by atoms with Crippen LogP contribution in [-0.4, -0.2) is 31.5 Å². The summed E-state index contributed by atoms with van der Waals surface area (Å²) in [6.45, 7) is 11.4. The van der Waals surface area contributed by atoms with E-state index in [0.717, 1.165) is 24.6 Å². The number of halogens is 1. The largest absolute Gasteiger partial charge is 0.357 e. The first kappa shape index (κ1) is 23.7. The van der Waals surface area contributed by atoms with Crippen molar-refractivity contribution in [2.24, 2.45) is 10.9 Å². The van der Waals surface area contributed by atoms with Gasteiger partial charge >= 0.3 is 0 Å². The molecule has 0 saturated heterocycles. The van der Waals surface area contributed by atoms with Crippen LogP contribution in [0.25, 0.3) is 0 Å². The average molecular weight is 460 g/mol. The van der Waals surface area contributed by atoms with Gasteiger partial charge in [0.2, 0.25) is 0 Å². The molecule has 0 aromatic heterocycles. The van der Waals surface area contributed by atoms with Crippen molar-refractivity contribution >= 4 is 35.8 Å². The van der Waals surface area contributed by atoms with Crippen LogP contribution in [0.1, 0.15) is 56.5 Å². The number of hydrogen-bond donors (Lipinski definition) is 3. The zero-order valence-corrected chi connectivity index (χ0v) is 18.2. The number of amides is 1. The molecule has 3 N–H and O–H groups in total. The van der Waals surface area contributed by atoms with E-state index >= 15 is 0 Å². The van der Waals surface area contributed by atoms with Crippen LogP contribution in [0.15, 0.2) is 29.3 Å². The van der Waals surface area contributed by atoms with Gasteiger partial charge in [0, 0.05) is 25.2 Å². The Bertz CT molecular complexity index is 513. The number of carbonyl (C=O) groups excluding carboxylic acids is 1. The molecule has 0 heterocycles. The lowest BCUT2D eigenvalue weighted by molar-refractivity contribution is 0.0956. The third kappa shape index (κ3) is 9.09. The highest BCUT2D eigenvalue weighted by Crippen LogP contribution is 2.07. The zero-order valence-electron chi connectivity index (χ0n) is 15.9. The van der Waals surface area contributed by atoms with Gasteiger partial charge in [-0.3, -0.25) is 4.79 Å². The van der Waals surface area contributed by atoms with Gasteiger partial charge in [-0.05, 0) is 37.5 Å². The van der Waals surface area contributed by atoms with E-state index in [2.05, 4.69) is 41.7 Å². The van der Waals surface area contributed by atoms with Crippen molar-refractivity contribution in [1.29, 1.82) is 0 Å². The molecule has 0 atom stereocenters. The highest BCUT2D eigenvalue weighted by Gasteiger charge is 2.06. The first-order chi connectivity index (χ1) is 11.6. The van der Waals surface area contributed by atoms with E-state index < -0.39 is 0 Å². The summed E-state index contributed by atoms with van der Waals surface area (Å²) in [5.41, 5.74) is 1.77. The second-order valence-corrected chi connectivity index (χ2v) is 5.81. The zero-order chi connectivity index (χ0) is 17.8. The van der Waals surface area contributed by atoms with E-state index in [1.807, 2.05) is 31.2 Å². The van der Waals surface area contributed by atoms with Crippen LogP contribution < -0.4 is 16.0 Å². The third-order valence-electron chi connectivity index (χ3n) is 4.03. The van der Waals surface area contributed by atoms with E-state index in [4.69, 9.17) is 0 Å². The second-order valence-electron chi connectivity index (χ2n) is 5.81. The molecule has 142 valence electrons. The molecule has 0 bridgehead atoms. The van der Waals surface area contributed by atoms with Gasteiger partial charge in [-0.25, -0.2) is 4.99 Å². The van der Waals surface area contributed by atoms with Crippen LogP contribution in [0.4, 0.5) is 0 Å². The summed E-state index contributed by atoms with van der Waals surface area (Å²) in [6.07, 6.45) is 2.34. The monoisotopic (exact) mass is 460 g/mol. The summed E-state index contributed by atoms with van der Waals surface area (Å²) in [5, 5.41) is 9.49. The molecule has 1 aromatic rings. The highest BCUT2D eigenvalue weighted by molar-refractivity contribution is 14.0. The summed E-state index contributed by atoms with van der Waals surface area (Å²) in [5.74, 6) is 1.48. The molecular formula is C19H33IN4O. The lowest BCUT2D eigenvalue weighted by Crippen LogP contribution is -2.39. The Morgan fingerprint density at radius 1 is 0.960 bits per heavy atom. The van der Waals surface area contributed by atoms with E-state index in [0.29, 0.717) is 24.6 Å². The number of hydrogen-bond acceptors (Lipinski definition) is 2. The predicted octanol–water partition coefficient (Wildman–Crippen LogP) is 3.55. The number of nitrogens with zero attached hydrogens (tertiary/aromatic N) is 1. The highest BCUT2D eigenvalue weighted by atomic mass is 127. The Kier molecular flexibility index (Phi) is 13.2. The van der Waals surface area contributed by atoms with Gasteiger partial charge in [0.1, 0.15) is 0 Å². The van der Waals surface area contributed by atoms with Crippen LogP contribution in [-0.2, 0) is 6.54 Å². The van der Waals surface area contributed by atoms with Crippen LogP contribution in [0.5, 0.6) is 0 Å². The molecule has 6 heteroatoms. The third-order valence-corrected chi connectivity index (χ3v) is 4.03. The fourth-order valence-electron chi connectivity index (χ4n) is 2.35. The smallest absolute Gasteiger partial charge is 0.251 e. The summed E-state index contributed by atoms with van der Waals surface area (Å²) in [6, 6.07) is 7.61. The van der Waals surface area contributed by atoms with E-state index in [1.165, 1.54) is 12.8 Å². The fraction of sp³-hybridized carbons (Fsp3) is 0.579. The van der Waals surface area contributed by atoms with Gasteiger partial charge in [-0.15, -0.1) is 24.0 Å².